The monoisotopic (exact) mass is 183 g/mol. The van der Waals surface area contributed by atoms with Crippen molar-refractivity contribution >= 4 is 5.91 Å². The van der Waals surface area contributed by atoms with E-state index in [-0.39, 0.29) is 18.0 Å². The number of hydrogen-bond donors (Lipinski definition) is 0. The fourth-order valence-corrected chi connectivity index (χ4v) is 1.86. The number of rotatable bonds is 1. The van der Waals surface area contributed by atoms with Crippen LogP contribution in [0.1, 0.15) is 0 Å². The zero-order valence-electron chi connectivity index (χ0n) is 7.44. The summed E-state index contributed by atoms with van der Waals surface area (Å²) in [7, 11) is 0. The lowest BCUT2D eigenvalue weighted by atomic mass is 10.1. The Morgan fingerprint density at radius 2 is 1.69 bits per heavy atom. The van der Waals surface area contributed by atoms with Crippen molar-refractivity contribution in [3.8, 4) is 0 Å². The van der Waals surface area contributed by atoms with Gasteiger partial charge in [0.15, 0.2) is 0 Å². The molecule has 0 atom stereocenters. The Balaban J connectivity index is 2.15. The van der Waals surface area contributed by atoms with Gasteiger partial charge in [0.1, 0.15) is 0 Å². The number of nitrogens with zero attached hydrogens (tertiary/aromatic N) is 1. The number of amides is 1. The molecule has 1 amide bonds. The highest BCUT2D eigenvalue weighted by molar-refractivity contribution is 5.87. The van der Waals surface area contributed by atoms with Crippen LogP contribution in [0.2, 0.25) is 0 Å². The summed E-state index contributed by atoms with van der Waals surface area (Å²) in [6, 6.07) is 0.163. The predicted octanol–water partition coefficient (Wildman–Crippen LogP) is -0.201. The van der Waals surface area contributed by atoms with Crippen LogP contribution in [-0.4, -0.2) is 49.3 Å². The lowest BCUT2D eigenvalue weighted by Crippen LogP contribution is -2.61. The molecule has 2 saturated heterocycles. The summed E-state index contributed by atoms with van der Waals surface area (Å²) in [6.07, 6.45) is 1.36. The maximum Gasteiger partial charge on any atom is 0.246 e. The number of fused-ring (bicyclic) bond motifs is 2. The largest absolute Gasteiger partial charge is 0.377 e. The number of carbonyl (C=O) groups excluding carboxylic acids is 1. The fourth-order valence-electron chi connectivity index (χ4n) is 1.86. The molecule has 0 aromatic rings. The van der Waals surface area contributed by atoms with E-state index in [1.165, 1.54) is 6.08 Å². The summed E-state index contributed by atoms with van der Waals surface area (Å²) in [5.74, 6) is -0.0124. The molecule has 0 unspecified atom stereocenters. The Morgan fingerprint density at radius 3 is 2.08 bits per heavy atom. The van der Waals surface area contributed by atoms with Gasteiger partial charge in [0.2, 0.25) is 5.91 Å². The van der Waals surface area contributed by atoms with E-state index in [1.54, 1.807) is 0 Å². The molecule has 0 spiro atoms. The second-order valence-corrected chi connectivity index (χ2v) is 3.33. The zero-order chi connectivity index (χ0) is 9.26. The summed E-state index contributed by atoms with van der Waals surface area (Å²) in [4.78, 5) is 13.3. The quantitative estimate of drug-likeness (QED) is 0.528. The van der Waals surface area contributed by atoms with Crippen molar-refractivity contribution in [3.05, 3.63) is 12.7 Å². The summed E-state index contributed by atoms with van der Waals surface area (Å²) >= 11 is 0. The summed E-state index contributed by atoms with van der Waals surface area (Å²) in [6.45, 7) is 5.81. The molecule has 72 valence electrons. The van der Waals surface area contributed by atoms with Gasteiger partial charge in [-0.2, -0.15) is 0 Å². The molecule has 2 rings (SSSR count). The van der Waals surface area contributed by atoms with E-state index in [9.17, 15) is 4.79 Å². The van der Waals surface area contributed by atoms with Crippen molar-refractivity contribution in [3.63, 3.8) is 0 Å². The molecule has 4 nitrogen and oxygen atoms in total. The van der Waals surface area contributed by atoms with Crippen LogP contribution in [0.3, 0.4) is 0 Å². The first kappa shape index (κ1) is 8.72. The van der Waals surface area contributed by atoms with Crippen LogP contribution in [-0.2, 0) is 14.3 Å². The van der Waals surface area contributed by atoms with Crippen LogP contribution in [0.5, 0.6) is 0 Å². The smallest absolute Gasteiger partial charge is 0.246 e. The molecule has 0 N–H and O–H groups in total. The van der Waals surface area contributed by atoms with Crippen LogP contribution in [0.4, 0.5) is 0 Å². The lowest BCUT2D eigenvalue weighted by Gasteiger charge is -2.44. The van der Waals surface area contributed by atoms with E-state index in [2.05, 4.69) is 6.58 Å². The first-order valence-corrected chi connectivity index (χ1v) is 4.43. The predicted molar refractivity (Wildman–Crippen MR) is 46.3 cm³/mol. The Kier molecular flexibility index (Phi) is 2.33. The van der Waals surface area contributed by atoms with Crippen molar-refractivity contribution in [1.29, 1.82) is 0 Å². The highest BCUT2D eigenvalue weighted by atomic mass is 16.5. The van der Waals surface area contributed by atoms with E-state index >= 15 is 0 Å². The second kappa shape index (κ2) is 3.47. The molecule has 0 radical (unpaired) electrons. The molecule has 2 aliphatic rings. The minimum absolute atomic E-state index is 0.0124. The average Bonchev–Trinajstić information content (AvgIpc) is 2.15. The first-order valence-electron chi connectivity index (χ1n) is 4.43. The van der Waals surface area contributed by atoms with E-state index in [0.29, 0.717) is 26.4 Å². The van der Waals surface area contributed by atoms with Gasteiger partial charge in [0.05, 0.1) is 38.5 Å². The van der Waals surface area contributed by atoms with Crippen LogP contribution >= 0.6 is 0 Å². The Hall–Kier alpha value is -0.870. The number of carbonyl (C=O) groups is 1. The van der Waals surface area contributed by atoms with E-state index in [0.717, 1.165) is 0 Å². The summed E-state index contributed by atoms with van der Waals surface area (Å²) in [5, 5.41) is 0. The minimum Gasteiger partial charge on any atom is -0.377 e. The van der Waals surface area contributed by atoms with Gasteiger partial charge in [-0.05, 0) is 6.08 Å². The molecule has 13 heavy (non-hydrogen) atoms. The first-order chi connectivity index (χ1) is 6.33. The molecule has 2 aliphatic heterocycles. The Labute approximate surface area is 77.1 Å². The van der Waals surface area contributed by atoms with Gasteiger partial charge in [0.25, 0.3) is 0 Å². The Bertz CT molecular complexity index is 207. The molecule has 0 aromatic heterocycles. The maximum absolute atomic E-state index is 11.5. The van der Waals surface area contributed by atoms with E-state index in [1.807, 2.05) is 4.90 Å². The van der Waals surface area contributed by atoms with Gasteiger partial charge in [-0.1, -0.05) is 6.58 Å². The molecule has 0 saturated carbocycles. The van der Waals surface area contributed by atoms with Crippen LogP contribution in [0.25, 0.3) is 0 Å². The van der Waals surface area contributed by atoms with Gasteiger partial charge < -0.3 is 14.4 Å². The summed E-state index contributed by atoms with van der Waals surface area (Å²) in [5.41, 5.74) is 0. The number of morpholine rings is 2. The lowest BCUT2D eigenvalue weighted by molar-refractivity contribution is -0.163. The van der Waals surface area contributed by atoms with Crippen molar-refractivity contribution < 1.29 is 14.3 Å². The van der Waals surface area contributed by atoms with Crippen LogP contribution < -0.4 is 0 Å². The molecular formula is C9H13NO3. The van der Waals surface area contributed by atoms with Crippen LogP contribution in [0, 0.1) is 0 Å². The van der Waals surface area contributed by atoms with Gasteiger partial charge in [-0.25, -0.2) is 0 Å². The molecule has 4 heteroatoms. The third kappa shape index (κ3) is 1.47. The van der Waals surface area contributed by atoms with Crippen molar-refractivity contribution in [1.82, 2.24) is 4.90 Å². The minimum atomic E-state index is -0.0124. The second-order valence-electron chi connectivity index (χ2n) is 3.33. The highest BCUT2D eigenvalue weighted by Gasteiger charge is 2.37. The third-order valence-corrected chi connectivity index (χ3v) is 2.46. The van der Waals surface area contributed by atoms with E-state index in [4.69, 9.17) is 9.47 Å². The Morgan fingerprint density at radius 1 is 1.23 bits per heavy atom. The zero-order valence-corrected chi connectivity index (χ0v) is 7.44. The normalized spacial score (nSPS) is 32.8. The molecule has 2 bridgehead atoms. The molecule has 0 aliphatic carbocycles. The van der Waals surface area contributed by atoms with Gasteiger partial charge in [0, 0.05) is 0 Å². The van der Waals surface area contributed by atoms with E-state index < -0.39 is 0 Å². The third-order valence-electron chi connectivity index (χ3n) is 2.46. The van der Waals surface area contributed by atoms with Crippen LogP contribution in [0.15, 0.2) is 12.7 Å². The van der Waals surface area contributed by atoms with Gasteiger partial charge in [-0.3, -0.25) is 4.79 Å². The highest BCUT2D eigenvalue weighted by Crippen LogP contribution is 2.19. The fraction of sp³-hybridized carbons (Fsp3) is 0.667. The molecule has 2 fully saturated rings. The SMILES string of the molecule is C=CC(=O)N1C2COCC1COC2. The molecule has 2 heterocycles. The molecular weight excluding hydrogens is 170 g/mol. The van der Waals surface area contributed by atoms with Crippen molar-refractivity contribution in [2.75, 3.05) is 26.4 Å². The number of ether oxygens (including phenoxy) is 2. The van der Waals surface area contributed by atoms with Gasteiger partial charge >= 0.3 is 0 Å². The molecule has 0 aromatic carbocycles. The topological polar surface area (TPSA) is 38.8 Å². The average molecular weight is 183 g/mol. The standard InChI is InChI=1S/C9H13NO3/c1-2-9(11)10-7-3-12-5-8(10)6-13-4-7/h2,7-8H,1,3-6H2. The number of hydrogen-bond acceptors (Lipinski definition) is 3. The van der Waals surface area contributed by atoms with Gasteiger partial charge in [-0.15, -0.1) is 0 Å². The summed E-state index contributed by atoms with van der Waals surface area (Å²) < 4.78 is 10.7. The maximum atomic E-state index is 11.5. The van der Waals surface area contributed by atoms with Crippen molar-refractivity contribution in [2.45, 2.75) is 12.1 Å². The van der Waals surface area contributed by atoms with Crippen molar-refractivity contribution in [2.24, 2.45) is 0 Å².